The lowest BCUT2D eigenvalue weighted by molar-refractivity contribution is -0.134. The van der Waals surface area contributed by atoms with Gasteiger partial charge in [0.15, 0.2) is 0 Å². The van der Waals surface area contributed by atoms with Gasteiger partial charge in [0, 0.05) is 24.3 Å². The van der Waals surface area contributed by atoms with Gasteiger partial charge >= 0.3 is 5.97 Å². The van der Waals surface area contributed by atoms with E-state index in [1.807, 2.05) is 19.9 Å². The number of allylic oxidation sites excluding steroid dienone is 1. The Bertz CT molecular complexity index is 549. The van der Waals surface area contributed by atoms with Crippen LogP contribution in [0.3, 0.4) is 0 Å². The number of rotatable bonds is 12. The maximum atomic E-state index is 12.3. The van der Waals surface area contributed by atoms with Crippen LogP contribution in [-0.4, -0.2) is 41.3 Å². The minimum Gasteiger partial charge on any atom is -0.466 e. The first-order chi connectivity index (χ1) is 13.2. The number of ketones is 1. The summed E-state index contributed by atoms with van der Waals surface area (Å²) in [4.78, 5) is 23.3. The molecule has 1 fully saturated rings. The molecule has 0 spiro atoms. The lowest BCUT2D eigenvalue weighted by Crippen LogP contribution is -2.28. The maximum Gasteiger partial charge on any atom is 0.330 e. The highest BCUT2D eigenvalue weighted by molar-refractivity contribution is 5.84. The fraction of sp³-hybridized carbons (Fsp3) is 0.739. The van der Waals surface area contributed by atoms with E-state index in [1.165, 1.54) is 13.2 Å². The van der Waals surface area contributed by atoms with Crippen LogP contribution in [0, 0.1) is 17.3 Å². The highest BCUT2D eigenvalue weighted by atomic mass is 16.5. The van der Waals surface area contributed by atoms with Gasteiger partial charge in [-0.25, -0.2) is 4.79 Å². The highest BCUT2D eigenvalue weighted by Crippen LogP contribution is 2.35. The molecule has 28 heavy (non-hydrogen) atoms. The standard InChI is InChI=1S/C23H38O5/c1-5-6-15-23(2,3)21(26)14-13-18-17(19(24)16-20(18)25)11-9-7-8-10-12-22(27)28-4/h10,12-14,17-18,20-21,25-26H,5-9,11,15-16H2,1-4H3/b12-10+,14-13+/t17-,18-,20-,21+/m0/s1. The second-order valence-electron chi connectivity index (χ2n) is 8.55. The number of esters is 1. The average Bonchev–Trinajstić information content (AvgIpc) is 2.93. The summed E-state index contributed by atoms with van der Waals surface area (Å²) in [5.74, 6) is -0.678. The van der Waals surface area contributed by atoms with E-state index in [0.717, 1.165) is 38.5 Å². The summed E-state index contributed by atoms with van der Waals surface area (Å²) in [6.45, 7) is 6.23. The maximum absolute atomic E-state index is 12.3. The largest absolute Gasteiger partial charge is 0.466 e. The smallest absolute Gasteiger partial charge is 0.330 e. The lowest BCUT2D eigenvalue weighted by Gasteiger charge is -2.29. The Balaban J connectivity index is 2.57. The SMILES string of the molecule is CCCCC(C)(C)[C@H](O)/C=C/[C@H]1[C@H](CCCC/C=C/C(=O)OC)C(=O)C[C@@H]1O. The first-order valence-corrected chi connectivity index (χ1v) is 10.5. The lowest BCUT2D eigenvalue weighted by atomic mass is 9.80. The first kappa shape index (κ1) is 24.6. The molecule has 0 aliphatic heterocycles. The molecule has 1 saturated carbocycles. The molecule has 0 aromatic heterocycles. The van der Waals surface area contributed by atoms with Crippen molar-refractivity contribution in [2.24, 2.45) is 17.3 Å². The van der Waals surface area contributed by atoms with Gasteiger partial charge in [-0.1, -0.05) is 58.3 Å². The molecule has 1 rings (SSSR count). The van der Waals surface area contributed by atoms with Gasteiger partial charge in [-0.2, -0.15) is 0 Å². The number of methoxy groups -OCH3 is 1. The molecule has 0 saturated heterocycles. The quantitative estimate of drug-likeness (QED) is 0.226. The number of hydrogen-bond donors (Lipinski definition) is 2. The number of ether oxygens (including phenoxy) is 1. The molecule has 0 amide bonds. The third-order valence-corrected chi connectivity index (χ3v) is 5.81. The van der Waals surface area contributed by atoms with Crippen molar-refractivity contribution in [3.63, 3.8) is 0 Å². The van der Waals surface area contributed by atoms with Crippen molar-refractivity contribution in [1.82, 2.24) is 0 Å². The molecule has 0 heterocycles. The molecular formula is C23H38O5. The summed E-state index contributed by atoms with van der Waals surface area (Å²) in [6.07, 6.45) is 12.0. The Morgan fingerprint density at radius 3 is 2.68 bits per heavy atom. The monoisotopic (exact) mass is 394 g/mol. The van der Waals surface area contributed by atoms with Gasteiger partial charge in [-0.15, -0.1) is 0 Å². The summed E-state index contributed by atoms with van der Waals surface area (Å²) in [7, 11) is 1.35. The normalized spacial score (nSPS) is 24.4. The second kappa shape index (κ2) is 12.2. The third-order valence-electron chi connectivity index (χ3n) is 5.81. The molecule has 0 aromatic rings. The molecule has 1 aliphatic rings. The molecule has 0 radical (unpaired) electrons. The van der Waals surface area contributed by atoms with Crippen molar-refractivity contribution in [2.45, 2.75) is 84.3 Å². The Labute approximate surface area is 169 Å². The fourth-order valence-electron chi connectivity index (χ4n) is 3.74. The van der Waals surface area contributed by atoms with Gasteiger partial charge in [0.05, 0.1) is 19.3 Å². The van der Waals surface area contributed by atoms with Gasteiger partial charge in [-0.3, -0.25) is 4.79 Å². The Morgan fingerprint density at radius 1 is 1.32 bits per heavy atom. The molecule has 1 aliphatic carbocycles. The molecule has 0 bridgehead atoms. The van der Waals surface area contributed by atoms with Crippen LogP contribution in [-0.2, 0) is 14.3 Å². The van der Waals surface area contributed by atoms with Gasteiger partial charge in [0.2, 0.25) is 0 Å². The number of carbonyl (C=O) groups excluding carboxylic acids is 2. The fourth-order valence-corrected chi connectivity index (χ4v) is 3.74. The van der Waals surface area contributed by atoms with Crippen LogP contribution in [0.2, 0.25) is 0 Å². The molecule has 0 aromatic carbocycles. The van der Waals surface area contributed by atoms with Crippen LogP contribution in [0.5, 0.6) is 0 Å². The van der Waals surface area contributed by atoms with Crippen molar-refractivity contribution >= 4 is 11.8 Å². The minimum absolute atomic E-state index is 0.104. The number of hydrogen-bond acceptors (Lipinski definition) is 5. The van der Waals surface area contributed by atoms with Crippen LogP contribution >= 0.6 is 0 Å². The van der Waals surface area contributed by atoms with E-state index in [9.17, 15) is 19.8 Å². The van der Waals surface area contributed by atoms with E-state index in [4.69, 9.17) is 0 Å². The molecule has 2 N–H and O–H groups in total. The van der Waals surface area contributed by atoms with Crippen LogP contribution in [0.15, 0.2) is 24.3 Å². The van der Waals surface area contributed by atoms with Gasteiger partial charge in [-0.05, 0) is 31.1 Å². The zero-order valence-electron chi connectivity index (χ0n) is 17.9. The van der Waals surface area contributed by atoms with E-state index in [-0.39, 0.29) is 35.4 Å². The second-order valence-corrected chi connectivity index (χ2v) is 8.55. The summed E-state index contributed by atoms with van der Waals surface area (Å²) in [5.41, 5.74) is -0.221. The molecule has 0 unspecified atom stereocenters. The third kappa shape index (κ3) is 7.88. The summed E-state index contributed by atoms with van der Waals surface area (Å²) < 4.78 is 4.54. The molecular weight excluding hydrogens is 356 g/mol. The van der Waals surface area contributed by atoms with Gasteiger partial charge in [0.25, 0.3) is 0 Å². The number of unbranched alkanes of at least 4 members (excludes halogenated alkanes) is 3. The number of Topliss-reactive ketones (excluding diaryl/α,β-unsaturated/α-hetero) is 1. The van der Waals surface area contributed by atoms with Gasteiger partial charge < -0.3 is 14.9 Å². The molecule has 5 nitrogen and oxygen atoms in total. The van der Waals surface area contributed by atoms with Crippen LogP contribution in [0.1, 0.15) is 72.1 Å². The average molecular weight is 395 g/mol. The minimum atomic E-state index is -0.668. The molecule has 160 valence electrons. The van der Waals surface area contributed by atoms with E-state index in [2.05, 4.69) is 11.7 Å². The van der Waals surface area contributed by atoms with E-state index in [0.29, 0.717) is 6.42 Å². The van der Waals surface area contributed by atoms with Crippen molar-refractivity contribution in [3.05, 3.63) is 24.3 Å². The van der Waals surface area contributed by atoms with Crippen LogP contribution in [0.4, 0.5) is 0 Å². The zero-order valence-corrected chi connectivity index (χ0v) is 17.9. The van der Waals surface area contributed by atoms with Gasteiger partial charge in [0.1, 0.15) is 5.78 Å². The van der Waals surface area contributed by atoms with Crippen molar-refractivity contribution in [2.75, 3.05) is 7.11 Å². The number of carbonyl (C=O) groups is 2. The number of aliphatic hydroxyl groups is 2. The van der Waals surface area contributed by atoms with E-state index in [1.54, 1.807) is 12.2 Å². The van der Waals surface area contributed by atoms with Crippen molar-refractivity contribution < 1.29 is 24.5 Å². The predicted molar refractivity (Wildman–Crippen MR) is 111 cm³/mol. The van der Waals surface area contributed by atoms with Crippen LogP contribution in [0.25, 0.3) is 0 Å². The van der Waals surface area contributed by atoms with E-state index >= 15 is 0 Å². The summed E-state index contributed by atoms with van der Waals surface area (Å²) in [5, 5.41) is 20.8. The van der Waals surface area contributed by atoms with E-state index < -0.39 is 12.2 Å². The molecule has 5 heteroatoms. The zero-order chi connectivity index (χ0) is 21.2. The summed E-state index contributed by atoms with van der Waals surface area (Å²) in [6, 6.07) is 0. The predicted octanol–water partition coefficient (Wildman–Crippen LogP) is 3.98. The Morgan fingerprint density at radius 2 is 2.04 bits per heavy atom. The molecule has 4 atom stereocenters. The van der Waals surface area contributed by atoms with Crippen molar-refractivity contribution in [1.29, 1.82) is 0 Å². The van der Waals surface area contributed by atoms with Crippen LogP contribution < -0.4 is 0 Å². The Hall–Kier alpha value is -1.46. The highest BCUT2D eigenvalue weighted by Gasteiger charge is 2.39. The first-order valence-electron chi connectivity index (χ1n) is 10.5. The Kier molecular flexibility index (Phi) is 10.7. The van der Waals surface area contributed by atoms with Crippen molar-refractivity contribution in [3.8, 4) is 0 Å². The summed E-state index contributed by atoms with van der Waals surface area (Å²) >= 11 is 0. The number of aliphatic hydroxyl groups excluding tert-OH is 2. The topological polar surface area (TPSA) is 83.8 Å².